The van der Waals surface area contributed by atoms with Crippen molar-refractivity contribution in [1.82, 2.24) is 24.8 Å². The Morgan fingerprint density at radius 2 is 2.00 bits per heavy atom. The topological polar surface area (TPSA) is 102 Å². The molecule has 0 bridgehead atoms. The smallest absolute Gasteiger partial charge is 0.297 e. The van der Waals surface area contributed by atoms with Gasteiger partial charge in [-0.2, -0.15) is 4.98 Å². The molecule has 2 atom stereocenters. The van der Waals surface area contributed by atoms with Crippen LogP contribution in [-0.4, -0.2) is 70.6 Å². The highest BCUT2D eigenvalue weighted by Gasteiger charge is 2.64. The van der Waals surface area contributed by atoms with Crippen LogP contribution in [0.1, 0.15) is 17.7 Å². The number of halogens is 2. The molecule has 2 fully saturated rings. The number of anilines is 1. The van der Waals surface area contributed by atoms with Crippen LogP contribution in [0, 0.1) is 0 Å². The molecule has 2 unspecified atom stereocenters. The lowest BCUT2D eigenvalue weighted by Gasteiger charge is -2.26. The summed E-state index contributed by atoms with van der Waals surface area (Å²) in [4.78, 5) is 37.9. The third-order valence-corrected chi connectivity index (χ3v) is 8.56. The summed E-state index contributed by atoms with van der Waals surface area (Å²) in [6.07, 6.45) is 2.58. The highest BCUT2D eigenvalue weighted by Crippen LogP contribution is 2.45. The van der Waals surface area contributed by atoms with Crippen molar-refractivity contribution in [3.8, 4) is 11.8 Å². The molecular formula is C29H28Cl2N6O4. The van der Waals surface area contributed by atoms with Crippen LogP contribution in [0.25, 0.3) is 11.0 Å². The van der Waals surface area contributed by atoms with E-state index < -0.39 is 0 Å². The molecule has 2 aromatic heterocycles. The summed E-state index contributed by atoms with van der Waals surface area (Å²) in [6, 6.07) is 15.1. The molecule has 2 aliphatic heterocycles. The van der Waals surface area contributed by atoms with Crippen LogP contribution in [0.5, 0.6) is 11.8 Å². The third-order valence-electron chi connectivity index (χ3n) is 7.78. The molecule has 0 aliphatic carbocycles. The minimum Gasteiger partial charge on any atom is -0.486 e. The number of ether oxygens (including phenoxy) is 2. The summed E-state index contributed by atoms with van der Waals surface area (Å²) in [7, 11) is 3.18. The van der Waals surface area contributed by atoms with E-state index >= 15 is 0 Å². The van der Waals surface area contributed by atoms with Gasteiger partial charge in [-0.3, -0.25) is 24.0 Å². The van der Waals surface area contributed by atoms with Crippen LogP contribution >= 0.6 is 23.2 Å². The van der Waals surface area contributed by atoms with Crippen molar-refractivity contribution < 1.29 is 19.1 Å². The highest BCUT2D eigenvalue weighted by molar-refractivity contribution is 6.38. The number of hydrogen-bond acceptors (Lipinski definition) is 7. The fourth-order valence-corrected chi connectivity index (χ4v) is 5.79. The molecule has 2 amide bonds. The fraction of sp³-hybridized carbons (Fsp3) is 0.310. The number of fused-ring (bicyclic) bond motifs is 2. The number of likely N-dealkylation sites (N-methyl/N-ethyl adjacent to an activating group) is 1. The average molecular weight is 595 g/mol. The van der Waals surface area contributed by atoms with Gasteiger partial charge in [0.1, 0.15) is 23.4 Å². The molecule has 1 N–H and O–H groups in total. The summed E-state index contributed by atoms with van der Waals surface area (Å²) in [5.74, 6) is 0.123. The lowest BCUT2D eigenvalue weighted by molar-refractivity contribution is -0.129. The number of carbonyl (C=O) groups excluding carboxylic acids is 2. The van der Waals surface area contributed by atoms with Crippen molar-refractivity contribution in [2.45, 2.75) is 25.1 Å². The molecule has 41 heavy (non-hydrogen) atoms. The maximum Gasteiger partial charge on any atom is 0.297 e. The molecule has 4 aromatic rings. The maximum atomic E-state index is 12.9. The molecular weight excluding hydrogens is 567 g/mol. The van der Waals surface area contributed by atoms with Crippen molar-refractivity contribution in [1.29, 1.82) is 0 Å². The Labute approximate surface area is 246 Å². The first-order valence-corrected chi connectivity index (χ1v) is 13.9. The number of methoxy groups -OCH3 is 1. The van der Waals surface area contributed by atoms with Crippen LogP contribution < -0.4 is 19.7 Å². The van der Waals surface area contributed by atoms with Crippen molar-refractivity contribution in [3.63, 3.8) is 0 Å². The molecule has 4 heterocycles. The number of amides is 2. The van der Waals surface area contributed by atoms with Gasteiger partial charge < -0.3 is 19.7 Å². The van der Waals surface area contributed by atoms with E-state index in [1.165, 1.54) is 4.90 Å². The van der Waals surface area contributed by atoms with Crippen LogP contribution in [0.4, 0.5) is 5.69 Å². The number of rotatable bonds is 10. The van der Waals surface area contributed by atoms with Gasteiger partial charge in [0.25, 0.3) is 6.01 Å². The number of aromatic nitrogens is 3. The highest BCUT2D eigenvalue weighted by atomic mass is 35.5. The second kappa shape index (κ2) is 10.8. The van der Waals surface area contributed by atoms with Crippen molar-refractivity contribution in [3.05, 3.63) is 76.0 Å². The summed E-state index contributed by atoms with van der Waals surface area (Å²) in [6.45, 7) is 2.09. The minimum absolute atomic E-state index is 0.0388. The van der Waals surface area contributed by atoms with Gasteiger partial charge in [-0.15, -0.1) is 0 Å². The first-order chi connectivity index (χ1) is 19.8. The standard InChI is InChI=1S/C29H28Cl2N6O4/c1-35(24(38)14-33-27(39)29-11-13-36(29)17-29)21-10-9-20(30)19(25(21)31)16-41-23-8-5-7-22-26(23)34-28(40-2)37(22)15-18-6-3-4-12-32-18/h3-10,12H,11,13-17H2,1-2H3,(H,33,39). The SMILES string of the molecule is COc1nc2c(OCc3c(Cl)ccc(N(C)C(=O)CNC(=O)C45CCN4C5)c3Cl)cccc2n1Cc1ccccn1. The van der Waals surface area contributed by atoms with Gasteiger partial charge in [0.15, 0.2) is 0 Å². The van der Waals surface area contributed by atoms with Crippen molar-refractivity contribution in [2.24, 2.45) is 0 Å². The molecule has 6 rings (SSSR count). The molecule has 10 nitrogen and oxygen atoms in total. The van der Waals surface area contributed by atoms with E-state index in [4.69, 9.17) is 32.7 Å². The van der Waals surface area contributed by atoms with Crippen LogP contribution in [-0.2, 0) is 22.7 Å². The van der Waals surface area contributed by atoms with E-state index in [2.05, 4.69) is 20.2 Å². The average Bonchev–Trinajstić information content (AvgIpc) is 3.33. The number of para-hydroxylation sites is 1. The molecule has 2 saturated heterocycles. The fourth-order valence-electron chi connectivity index (χ4n) is 5.19. The summed E-state index contributed by atoms with van der Waals surface area (Å²) in [5.41, 5.74) is 2.90. The van der Waals surface area contributed by atoms with Gasteiger partial charge in [0.05, 0.1) is 42.1 Å². The quantitative estimate of drug-likeness (QED) is 0.278. The zero-order chi connectivity index (χ0) is 28.7. The van der Waals surface area contributed by atoms with Crippen LogP contribution in [0.2, 0.25) is 10.0 Å². The van der Waals surface area contributed by atoms with Gasteiger partial charge in [-0.05, 0) is 42.8 Å². The number of carbonyl (C=O) groups is 2. The Kier molecular flexibility index (Phi) is 7.23. The monoisotopic (exact) mass is 594 g/mol. The van der Waals surface area contributed by atoms with E-state index in [0.29, 0.717) is 40.1 Å². The second-order valence-electron chi connectivity index (χ2n) is 10.1. The van der Waals surface area contributed by atoms with E-state index in [9.17, 15) is 9.59 Å². The Balaban J connectivity index is 1.19. The minimum atomic E-state index is -0.386. The zero-order valence-corrected chi connectivity index (χ0v) is 24.1. The van der Waals surface area contributed by atoms with Gasteiger partial charge in [0, 0.05) is 36.9 Å². The van der Waals surface area contributed by atoms with Gasteiger partial charge in [-0.25, -0.2) is 0 Å². The van der Waals surface area contributed by atoms with E-state index in [1.807, 2.05) is 41.0 Å². The first kappa shape index (κ1) is 27.3. The Bertz CT molecular complexity index is 1640. The van der Waals surface area contributed by atoms with E-state index in [1.54, 1.807) is 32.5 Å². The van der Waals surface area contributed by atoms with Gasteiger partial charge in [0.2, 0.25) is 11.8 Å². The third kappa shape index (κ3) is 4.96. The Hall–Kier alpha value is -3.86. The molecule has 2 aromatic carbocycles. The molecule has 212 valence electrons. The summed E-state index contributed by atoms with van der Waals surface area (Å²) >= 11 is 13.3. The van der Waals surface area contributed by atoms with E-state index in [-0.39, 0.29) is 35.5 Å². The number of benzene rings is 2. The van der Waals surface area contributed by atoms with Crippen molar-refractivity contribution in [2.75, 3.05) is 38.7 Å². The second-order valence-corrected chi connectivity index (χ2v) is 10.9. The normalized spacial score (nSPS) is 18.8. The largest absolute Gasteiger partial charge is 0.486 e. The zero-order valence-electron chi connectivity index (χ0n) is 22.6. The predicted molar refractivity (Wildman–Crippen MR) is 156 cm³/mol. The van der Waals surface area contributed by atoms with E-state index in [0.717, 1.165) is 30.7 Å². The molecule has 0 spiro atoms. The van der Waals surface area contributed by atoms with Gasteiger partial charge >= 0.3 is 0 Å². The Morgan fingerprint density at radius 1 is 1.15 bits per heavy atom. The molecule has 2 aliphatic rings. The number of nitrogens with zero attached hydrogens (tertiary/aromatic N) is 5. The number of hydrogen-bond donors (Lipinski definition) is 1. The predicted octanol–water partition coefficient (Wildman–Crippen LogP) is 3.91. The van der Waals surface area contributed by atoms with Crippen LogP contribution in [0.15, 0.2) is 54.7 Å². The number of imidazole rings is 1. The maximum absolute atomic E-state index is 12.9. The number of pyridine rings is 1. The molecule has 0 radical (unpaired) electrons. The molecule has 0 saturated carbocycles. The number of nitrogens with one attached hydrogen (secondary N) is 1. The summed E-state index contributed by atoms with van der Waals surface area (Å²) < 4.78 is 13.7. The van der Waals surface area contributed by atoms with Crippen molar-refractivity contribution >= 4 is 51.7 Å². The molecule has 12 heteroatoms. The summed E-state index contributed by atoms with van der Waals surface area (Å²) in [5, 5.41) is 3.45. The van der Waals surface area contributed by atoms with Gasteiger partial charge in [-0.1, -0.05) is 35.3 Å². The Morgan fingerprint density at radius 3 is 2.68 bits per heavy atom. The van der Waals surface area contributed by atoms with Crippen LogP contribution in [0.3, 0.4) is 0 Å². The first-order valence-electron chi connectivity index (χ1n) is 13.1. The lowest BCUT2D eigenvalue weighted by atomic mass is 10.00. The lowest BCUT2D eigenvalue weighted by Crippen LogP contribution is -2.49.